The van der Waals surface area contributed by atoms with Crippen LogP contribution in [0.3, 0.4) is 0 Å². The summed E-state index contributed by atoms with van der Waals surface area (Å²) in [7, 11) is -1.56. The van der Waals surface area contributed by atoms with Crippen molar-refractivity contribution in [3.63, 3.8) is 0 Å². The molecule has 0 bridgehead atoms. The average Bonchev–Trinajstić information content (AvgIpc) is 2.90. The van der Waals surface area contributed by atoms with Gasteiger partial charge >= 0.3 is 0 Å². The fourth-order valence-electron chi connectivity index (χ4n) is 1.47. The molecule has 0 N–H and O–H groups in total. The quantitative estimate of drug-likeness (QED) is 0.398. The van der Waals surface area contributed by atoms with Crippen molar-refractivity contribution in [3.05, 3.63) is 0 Å². The molecule has 1 aliphatic rings. The van der Waals surface area contributed by atoms with E-state index in [1.807, 2.05) is 6.92 Å². The lowest BCUT2D eigenvalue weighted by Gasteiger charge is -2.36. The second-order valence-electron chi connectivity index (χ2n) is 6.25. The molecule has 1 aliphatic heterocycles. The molecule has 0 aliphatic carbocycles. The highest BCUT2D eigenvalue weighted by Crippen LogP contribution is 2.36. The molecular formula is C13H28O3Si. The fourth-order valence-corrected chi connectivity index (χ4v) is 2.56. The van der Waals surface area contributed by atoms with Crippen molar-refractivity contribution in [1.29, 1.82) is 0 Å². The summed E-state index contributed by atoms with van der Waals surface area (Å²) in [6, 6.07) is 0. The highest BCUT2D eigenvalue weighted by molar-refractivity contribution is 6.74. The SMILES string of the molecule is CCOC1OC1CCCO[Si](C)(C)C(C)(C)C. The minimum atomic E-state index is -1.56. The number of rotatable bonds is 7. The fraction of sp³-hybridized carbons (Fsp3) is 1.00. The first kappa shape index (κ1) is 15.2. The van der Waals surface area contributed by atoms with Crippen molar-refractivity contribution in [2.75, 3.05) is 13.2 Å². The van der Waals surface area contributed by atoms with Gasteiger partial charge in [0.1, 0.15) is 6.10 Å². The third-order valence-corrected chi connectivity index (χ3v) is 8.31. The van der Waals surface area contributed by atoms with Crippen molar-refractivity contribution in [1.82, 2.24) is 0 Å². The van der Waals surface area contributed by atoms with Gasteiger partial charge in [-0.1, -0.05) is 20.8 Å². The van der Waals surface area contributed by atoms with E-state index in [9.17, 15) is 0 Å². The molecule has 0 spiro atoms. The van der Waals surface area contributed by atoms with Gasteiger partial charge in [-0.25, -0.2) is 0 Å². The zero-order valence-electron chi connectivity index (χ0n) is 12.2. The van der Waals surface area contributed by atoms with E-state index in [1.165, 1.54) is 0 Å². The minimum absolute atomic E-state index is 0.0628. The number of ether oxygens (including phenoxy) is 2. The van der Waals surface area contributed by atoms with Crippen molar-refractivity contribution < 1.29 is 13.9 Å². The van der Waals surface area contributed by atoms with Crippen LogP contribution in [0.25, 0.3) is 0 Å². The van der Waals surface area contributed by atoms with E-state index in [4.69, 9.17) is 13.9 Å². The van der Waals surface area contributed by atoms with E-state index in [1.54, 1.807) is 0 Å². The second kappa shape index (κ2) is 5.82. The highest BCUT2D eigenvalue weighted by Gasteiger charge is 2.40. The summed E-state index contributed by atoms with van der Waals surface area (Å²) in [5, 5.41) is 0.303. The first-order valence-corrected chi connectivity index (χ1v) is 9.60. The Morgan fingerprint density at radius 2 is 1.88 bits per heavy atom. The number of epoxide rings is 1. The van der Waals surface area contributed by atoms with Crippen LogP contribution in [0.15, 0.2) is 0 Å². The second-order valence-corrected chi connectivity index (χ2v) is 11.1. The van der Waals surface area contributed by atoms with Gasteiger partial charge in [0.2, 0.25) is 0 Å². The molecule has 102 valence electrons. The average molecular weight is 260 g/mol. The highest BCUT2D eigenvalue weighted by atomic mass is 28.4. The number of hydrogen-bond donors (Lipinski definition) is 0. The van der Waals surface area contributed by atoms with E-state index < -0.39 is 8.32 Å². The molecule has 1 saturated heterocycles. The summed E-state index contributed by atoms with van der Waals surface area (Å²) in [6.07, 6.45) is 2.51. The summed E-state index contributed by atoms with van der Waals surface area (Å²) < 4.78 is 16.9. The Balaban J connectivity index is 2.09. The first-order chi connectivity index (χ1) is 7.78. The van der Waals surface area contributed by atoms with Gasteiger partial charge < -0.3 is 13.9 Å². The van der Waals surface area contributed by atoms with Gasteiger partial charge in [0.05, 0.1) is 0 Å². The molecule has 2 atom stereocenters. The maximum absolute atomic E-state index is 6.11. The molecule has 0 aromatic rings. The van der Waals surface area contributed by atoms with Gasteiger partial charge in [0.25, 0.3) is 0 Å². The Kier molecular flexibility index (Phi) is 5.19. The standard InChI is InChI=1S/C13H28O3Si/c1-7-14-12-11(16-12)9-8-10-15-17(5,6)13(2,3)4/h11-12H,7-10H2,1-6H3. The Labute approximate surface area is 107 Å². The van der Waals surface area contributed by atoms with Gasteiger partial charge in [-0.2, -0.15) is 0 Å². The van der Waals surface area contributed by atoms with Crippen LogP contribution in [0.1, 0.15) is 40.5 Å². The van der Waals surface area contributed by atoms with Gasteiger partial charge in [-0.3, -0.25) is 0 Å². The molecule has 0 radical (unpaired) electrons. The molecule has 3 nitrogen and oxygen atoms in total. The van der Waals surface area contributed by atoms with Gasteiger partial charge in [-0.05, 0) is 37.9 Å². The van der Waals surface area contributed by atoms with Crippen LogP contribution in [0.4, 0.5) is 0 Å². The van der Waals surface area contributed by atoms with E-state index in [-0.39, 0.29) is 6.29 Å². The van der Waals surface area contributed by atoms with Gasteiger partial charge in [0.15, 0.2) is 14.6 Å². The van der Waals surface area contributed by atoms with Crippen molar-refractivity contribution in [2.24, 2.45) is 0 Å². The first-order valence-electron chi connectivity index (χ1n) is 6.69. The lowest BCUT2D eigenvalue weighted by atomic mass is 10.2. The molecule has 1 rings (SSSR count). The Morgan fingerprint density at radius 3 is 2.41 bits per heavy atom. The zero-order chi connectivity index (χ0) is 13.1. The minimum Gasteiger partial charge on any atom is -0.417 e. The van der Waals surface area contributed by atoms with Crippen LogP contribution in [-0.4, -0.2) is 33.9 Å². The lowest BCUT2D eigenvalue weighted by Crippen LogP contribution is -2.41. The van der Waals surface area contributed by atoms with Crippen LogP contribution < -0.4 is 0 Å². The van der Waals surface area contributed by atoms with Crippen LogP contribution in [0, 0.1) is 0 Å². The molecule has 17 heavy (non-hydrogen) atoms. The normalized spacial score (nSPS) is 25.1. The Morgan fingerprint density at radius 1 is 1.24 bits per heavy atom. The van der Waals surface area contributed by atoms with Crippen LogP contribution in [0.2, 0.25) is 18.1 Å². The Hall–Kier alpha value is 0.0969. The maximum atomic E-state index is 6.11. The molecule has 0 amide bonds. The van der Waals surface area contributed by atoms with Crippen molar-refractivity contribution in [3.8, 4) is 0 Å². The van der Waals surface area contributed by atoms with Gasteiger partial charge in [0, 0.05) is 13.2 Å². The smallest absolute Gasteiger partial charge is 0.191 e. The molecular weight excluding hydrogens is 232 g/mol. The van der Waals surface area contributed by atoms with Crippen molar-refractivity contribution in [2.45, 2.75) is 71.1 Å². The van der Waals surface area contributed by atoms with Crippen molar-refractivity contribution >= 4 is 8.32 Å². The molecule has 4 heteroatoms. The molecule has 0 aromatic carbocycles. The summed E-state index contributed by atoms with van der Waals surface area (Å²) in [4.78, 5) is 0. The zero-order valence-corrected chi connectivity index (χ0v) is 13.2. The maximum Gasteiger partial charge on any atom is 0.191 e. The molecule has 0 aromatic heterocycles. The predicted octanol–water partition coefficient (Wildman–Crippen LogP) is 3.55. The Bertz CT molecular complexity index is 235. The van der Waals surface area contributed by atoms with E-state index in [2.05, 4.69) is 33.9 Å². The summed E-state index contributed by atoms with van der Waals surface area (Å²) in [6.45, 7) is 15.0. The lowest BCUT2D eigenvalue weighted by molar-refractivity contribution is 0.0593. The molecule has 1 heterocycles. The largest absolute Gasteiger partial charge is 0.417 e. The summed E-state index contributed by atoms with van der Waals surface area (Å²) in [5.74, 6) is 0. The van der Waals surface area contributed by atoms with Gasteiger partial charge in [-0.15, -0.1) is 0 Å². The van der Waals surface area contributed by atoms with Crippen LogP contribution >= 0.6 is 0 Å². The topological polar surface area (TPSA) is 31.0 Å². The third-order valence-electron chi connectivity index (χ3n) is 3.77. The van der Waals surface area contributed by atoms with Crippen LogP contribution in [-0.2, 0) is 13.9 Å². The predicted molar refractivity (Wildman–Crippen MR) is 72.7 cm³/mol. The number of hydrogen-bond acceptors (Lipinski definition) is 3. The monoisotopic (exact) mass is 260 g/mol. The molecule has 0 saturated carbocycles. The molecule has 2 unspecified atom stereocenters. The van der Waals surface area contributed by atoms with E-state index >= 15 is 0 Å². The summed E-state index contributed by atoms with van der Waals surface area (Å²) >= 11 is 0. The summed E-state index contributed by atoms with van der Waals surface area (Å²) in [5.41, 5.74) is 0. The third kappa shape index (κ3) is 4.70. The molecule has 1 fully saturated rings. The van der Waals surface area contributed by atoms with E-state index in [0.717, 1.165) is 26.1 Å². The van der Waals surface area contributed by atoms with E-state index in [0.29, 0.717) is 11.1 Å². The van der Waals surface area contributed by atoms with Crippen LogP contribution in [0.5, 0.6) is 0 Å².